The smallest absolute Gasteiger partial charge is 0.350 e. The Morgan fingerprint density at radius 3 is 2.56 bits per heavy atom. The zero-order valence-electron chi connectivity index (χ0n) is 9.79. The first-order valence-corrected chi connectivity index (χ1v) is 5.35. The summed E-state index contributed by atoms with van der Waals surface area (Å²) in [5.41, 5.74) is -0.439. The van der Waals surface area contributed by atoms with Gasteiger partial charge in [0.1, 0.15) is 17.1 Å². The predicted octanol–water partition coefficient (Wildman–Crippen LogP) is 2.20. The number of hydrogen-bond donors (Lipinski definition) is 1. The van der Waals surface area contributed by atoms with Crippen LogP contribution in [-0.4, -0.2) is 10.9 Å². The van der Waals surface area contributed by atoms with Crippen LogP contribution in [-0.2, 0) is 6.42 Å². The van der Waals surface area contributed by atoms with Gasteiger partial charge in [0, 0.05) is 5.56 Å². The Balaban J connectivity index is 3.33. The molecule has 0 saturated heterocycles. The molecule has 4 nitrogen and oxygen atoms in total. The number of rotatable bonds is 4. The second-order valence-electron chi connectivity index (χ2n) is 3.81. The van der Waals surface area contributed by atoms with E-state index in [1.807, 2.05) is 6.92 Å². The molecule has 0 atom stereocenters. The molecule has 0 fully saturated rings. The first-order chi connectivity index (χ1) is 7.49. The van der Waals surface area contributed by atoms with Gasteiger partial charge in [-0.2, -0.15) is 0 Å². The van der Waals surface area contributed by atoms with Crippen molar-refractivity contribution in [1.82, 2.24) is 0 Å². The third kappa shape index (κ3) is 2.32. The van der Waals surface area contributed by atoms with Crippen LogP contribution in [0.15, 0.2) is 9.21 Å². The average Bonchev–Trinajstić information content (AvgIpc) is 2.16. The van der Waals surface area contributed by atoms with E-state index in [2.05, 4.69) is 0 Å². The Kier molecular flexibility index (Phi) is 3.88. The normalized spacial score (nSPS) is 10.4. The van der Waals surface area contributed by atoms with Crippen molar-refractivity contribution in [3.05, 3.63) is 27.3 Å². The largest absolute Gasteiger partial charge is 0.506 e. The summed E-state index contributed by atoms with van der Waals surface area (Å²) in [6, 6.07) is 0. The molecular weight excluding hydrogens is 208 g/mol. The van der Waals surface area contributed by atoms with Crippen LogP contribution in [0.4, 0.5) is 0 Å². The lowest BCUT2D eigenvalue weighted by molar-refractivity contribution is 0.101. The third-order valence-electron chi connectivity index (χ3n) is 2.53. The lowest BCUT2D eigenvalue weighted by Crippen LogP contribution is -2.14. The second kappa shape index (κ2) is 4.96. The number of hydrogen-bond acceptors (Lipinski definition) is 4. The van der Waals surface area contributed by atoms with Gasteiger partial charge in [0.2, 0.25) is 0 Å². The molecule has 1 N–H and O–H groups in total. The summed E-state index contributed by atoms with van der Waals surface area (Å²) in [4.78, 5) is 22.6. The van der Waals surface area contributed by atoms with Crippen molar-refractivity contribution in [1.29, 1.82) is 0 Å². The molecule has 88 valence electrons. The minimum atomic E-state index is -0.761. The summed E-state index contributed by atoms with van der Waals surface area (Å²) in [6.07, 6.45) is 2.45. The Morgan fingerprint density at radius 1 is 1.44 bits per heavy atom. The number of aryl methyl sites for hydroxylation is 1. The lowest BCUT2D eigenvalue weighted by atomic mass is 10.0. The highest BCUT2D eigenvalue weighted by Crippen LogP contribution is 2.25. The number of unbranched alkanes of at least 4 members (excludes halogenated alkanes) is 1. The van der Waals surface area contributed by atoms with Crippen molar-refractivity contribution >= 4 is 5.78 Å². The summed E-state index contributed by atoms with van der Waals surface area (Å²) in [6.45, 7) is 4.89. The fraction of sp³-hybridized carbons (Fsp3) is 0.500. The van der Waals surface area contributed by atoms with Crippen molar-refractivity contribution in [3.63, 3.8) is 0 Å². The molecule has 0 bridgehead atoms. The van der Waals surface area contributed by atoms with Gasteiger partial charge in [0.15, 0.2) is 5.78 Å². The van der Waals surface area contributed by atoms with E-state index in [1.54, 1.807) is 6.92 Å². The van der Waals surface area contributed by atoms with E-state index in [-0.39, 0.29) is 11.3 Å². The van der Waals surface area contributed by atoms with Crippen LogP contribution in [0.2, 0.25) is 0 Å². The Morgan fingerprint density at radius 2 is 2.06 bits per heavy atom. The van der Waals surface area contributed by atoms with Crippen molar-refractivity contribution in [2.45, 2.75) is 40.0 Å². The molecule has 16 heavy (non-hydrogen) atoms. The minimum Gasteiger partial charge on any atom is -0.506 e. The van der Waals surface area contributed by atoms with Crippen LogP contribution in [0.25, 0.3) is 0 Å². The standard InChI is InChI=1S/C12H16O4/c1-4-5-6-9-8(3)16-12(15)10(7(2)13)11(9)14/h14H,4-6H2,1-3H3. The zero-order valence-corrected chi connectivity index (χ0v) is 9.79. The van der Waals surface area contributed by atoms with Gasteiger partial charge in [-0.05, 0) is 26.7 Å². The Hall–Kier alpha value is -1.58. The number of carbonyl (C=O) groups excluding carboxylic acids is 1. The molecule has 0 spiro atoms. The van der Waals surface area contributed by atoms with Gasteiger partial charge in [-0.3, -0.25) is 4.79 Å². The summed E-state index contributed by atoms with van der Waals surface area (Å²) < 4.78 is 4.94. The van der Waals surface area contributed by atoms with E-state index in [0.717, 1.165) is 12.8 Å². The molecule has 1 aromatic rings. The van der Waals surface area contributed by atoms with Crippen molar-refractivity contribution in [2.75, 3.05) is 0 Å². The van der Waals surface area contributed by atoms with Crippen molar-refractivity contribution < 1.29 is 14.3 Å². The molecule has 0 amide bonds. The van der Waals surface area contributed by atoms with Crippen LogP contribution in [0.3, 0.4) is 0 Å². The van der Waals surface area contributed by atoms with Gasteiger partial charge in [-0.25, -0.2) is 4.79 Å². The van der Waals surface area contributed by atoms with E-state index in [0.29, 0.717) is 17.7 Å². The molecule has 0 unspecified atom stereocenters. The van der Waals surface area contributed by atoms with Crippen LogP contribution >= 0.6 is 0 Å². The van der Waals surface area contributed by atoms with E-state index < -0.39 is 11.4 Å². The fourth-order valence-electron chi connectivity index (χ4n) is 1.62. The first-order valence-electron chi connectivity index (χ1n) is 5.35. The maximum absolute atomic E-state index is 11.4. The van der Waals surface area contributed by atoms with Crippen LogP contribution < -0.4 is 5.63 Å². The molecule has 0 saturated carbocycles. The third-order valence-corrected chi connectivity index (χ3v) is 2.53. The van der Waals surface area contributed by atoms with Gasteiger partial charge in [0.25, 0.3) is 0 Å². The van der Waals surface area contributed by atoms with E-state index in [4.69, 9.17) is 4.42 Å². The van der Waals surface area contributed by atoms with E-state index in [9.17, 15) is 14.7 Å². The highest BCUT2D eigenvalue weighted by atomic mass is 16.4. The lowest BCUT2D eigenvalue weighted by Gasteiger charge is -2.08. The molecule has 0 aliphatic heterocycles. The number of carbonyl (C=O) groups is 1. The summed E-state index contributed by atoms with van der Waals surface area (Å²) in [5.74, 6) is -0.292. The summed E-state index contributed by atoms with van der Waals surface area (Å²) >= 11 is 0. The molecule has 1 rings (SSSR count). The molecular formula is C12H16O4. The molecule has 1 heterocycles. The van der Waals surface area contributed by atoms with Crippen LogP contribution in [0.5, 0.6) is 5.75 Å². The van der Waals surface area contributed by atoms with E-state index >= 15 is 0 Å². The molecule has 0 radical (unpaired) electrons. The van der Waals surface area contributed by atoms with Gasteiger partial charge in [-0.1, -0.05) is 13.3 Å². The van der Waals surface area contributed by atoms with Crippen molar-refractivity contribution in [2.24, 2.45) is 0 Å². The van der Waals surface area contributed by atoms with Gasteiger partial charge in [-0.15, -0.1) is 0 Å². The number of Topliss-reactive ketones (excluding diaryl/α,β-unsaturated/α-hetero) is 1. The minimum absolute atomic E-state index is 0.213. The van der Waals surface area contributed by atoms with E-state index in [1.165, 1.54) is 6.92 Å². The number of aromatic hydroxyl groups is 1. The van der Waals surface area contributed by atoms with Gasteiger partial charge in [0.05, 0.1) is 0 Å². The topological polar surface area (TPSA) is 67.5 Å². The van der Waals surface area contributed by atoms with Crippen LogP contribution in [0.1, 0.15) is 48.4 Å². The highest BCUT2D eigenvalue weighted by molar-refractivity contribution is 5.96. The molecule has 1 aromatic heterocycles. The summed E-state index contributed by atoms with van der Waals surface area (Å²) in [5, 5.41) is 9.87. The molecule has 0 aliphatic carbocycles. The number of ketones is 1. The highest BCUT2D eigenvalue weighted by Gasteiger charge is 2.19. The summed E-state index contributed by atoms with van der Waals surface area (Å²) in [7, 11) is 0. The SMILES string of the molecule is CCCCc1c(C)oc(=O)c(C(C)=O)c1O. The zero-order chi connectivity index (χ0) is 12.3. The Bertz CT molecular complexity index is 457. The monoisotopic (exact) mass is 224 g/mol. The fourth-order valence-corrected chi connectivity index (χ4v) is 1.62. The maximum Gasteiger partial charge on any atom is 0.350 e. The molecule has 0 aromatic carbocycles. The Labute approximate surface area is 93.9 Å². The predicted molar refractivity (Wildman–Crippen MR) is 60.0 cm³/mol. The first kappa shape index (κ1) is 12.5. The maximum atomic E-state index is 11.4. The molecule has 4 heteroatoms. The van der Waals surface area contributed by atoms with Gasteiger partial charge < -0.3 is 9.52 Å². The van der Waals surface area contributed by atoms with Crippen LogP contribution in [0, 0.1) is 6.92 Å². The average molecular weight is 224 g/mol. The second-order valence-corrected chi connectivity index (χ2v) is 3.81. The molecule has 0 aliphatic rings. The van der Waals surface area contributed by atoms with Crippen molar-refractivity contribution in [3.8, 4) is 5.75 Å². The van der Waals surface area contributed by atoms with Gasteiger partial charge >= 0.3 is 5.63 Å². The quantitative estimate of drug-likeness (QED) is 0.796.